The van der Waals surface area contributed by atoms with Gasteiger partial charge in [0, 0.05) is 18.2 Å². The molecule has 0 aliphatic rings. The molecule has 0 aliphatic heterocycles. The summed E-state index contributed by atoms with van der Waals surface area (Å²) in [6.45, 7) is 12.8. The molecule has 2 aromatic heterocycles. The van der Waals surface area contributed by atoms with Gasteiger partial charge in [0.05, 0.1) is 12.7 Å². The Hall–Kier alpha value is -3.40. The molecule has 0 unspecified atom stereocenters. The van der Waals surface area contributed by atoms with Crippen molar-refractivity contribution in [3.63, 3.8) is 0 Å². The third kappa shape index (κ3) is 5.74. The first kappa shape index (κ1) is 25.2. The molecule has 0 amide bonds. The highest BCUT2D eigenvalue weighted by molar-refractivity contribution is 5.96. The Morgan fingerprint density at radius 2 is 1.88 bits per heavy atom. The van der Waals surface area contributed by atoms with Crippen LogP contribution < -0.4 is 25.6 Å². The van der Waals surface area contributed by atoms with Crippen LogP contribution in [0.3, 0.4) is 0 Å². The second-order valence-electron chi connectivity index (χ2n) is 9.22. The average Bonchev–Trinajstić information content (AvgIpc) is 3.07. The van der Waals surface area contributed by atoms with E-state index in [1.165, 1.54) is 9.20 Å². The van der Waals surface area contributed by atoms with Crippen LogP contribution in [-0.4, -0.2) is 51.0 Å². The van der Waals surface area contributed by atoms with Gasteiger partial charge in [-0.1, -0.05) is 20.8 Å². The number of rotatable bonds is 10. The number of carbonyl (C=O) groups excluding carboxylic acids is 1. The predicted molar refractivity (Wildman–Crippen MR) is 128 cm³/mol. The smallest absolute Gasteiger partial charge is 0.242 e. The summed E-state index contributed by atoms with van der Waals surface area (Å²) >= 11 is 0. The van der Waals surface area contributed by atoms with Crippen molar-refractivity contribution < 1.29 is 19.0 Å². The molecule has 3 rings (SSSR count). The molecule has 34 heavy (non-hydrogen) atoms. The fraction of sp³-hybridized carbons (Fsp3) is 0.500. The minimum atomic E-state index is -0.207. The molecular formula is C24H34N6O4. The molecule has 0 atom stereocenters. The summed E-state index contributed by atoms with van der Waals surface area (Å²) in [5.41, 5.74) is 7.11. The molecule has 3 aromatic rings. The van der Waals surface area contributed by atoms with Crippen molar-refractivity contribution in [3.05, 3.63) is 41.0 Å². The van der Waals surface area contributed by atoms with Gasteiger partial charge in [-0.05, 0) is 49.9 Å². The lowest BCUT2D eigenvalue weighted by molar-refractivity contribution is 0.0965. The fourth-order valence-electron chi connectivity index (χ4n) is 3.32. The van der Waals surface area contributed by atoms with Gasteiger partial charge in [0.15, 0.2) is 11.5 Å². The standard InChI is InChI=1S/C24H34N6O4/c1-7-32-21-13-20(34-15(2)3)22-28-29(23(26)30(22)27-21)14-19(31)16-10-17(24(4,5)6)12-18(11-16)33-9-8-25/h10-13,15,26H,7-9,14,25H2,1-6H3. The molecule has 3 N–H and O–H groups in total. The van der Waals surface area contributed by atoms with E-state index < -0.39 is 0 Å². The van der Waals surface area contributed by atoms with E-state index in [0.29, 0.717) is 48.3 Å². The van der Waals surface area contributed by atoms with E-state index in [4.69, 9.17) is 25.4 Å². The predicted octanol–water partition coefficient (Wildman–Crippen LogP) is 2.71. The lowest BCUT2D eigenvalue weighted by Gasteiger charge is -2.21. The molecule has 2 heterocycles. The van der Waals surface area contributed by atoms with E-state index in [9.17, 15) is 4.79 Å². The van der Waals surface area contributed by atoms with Gasteiger partial charge in [-0.3, -0.25) is 10.2 Å². The average molecular weight is 471 g/mol. The minimum Gasteiger partial charge on any atom is -0.492 e. The SMILES string of the molecule is CCOc1cc(OC(C)C)c2nn(CC(=O)c3cc(OCCN)cc(C(C)(C)C)c3)c(=N)n2n1. The van der Waals surface area contributed by atoms with Crippen LogP contribution in [0.25, 0.3) is 5.65 Å². The first-order valence-corrected chi connectivity index (χ1v) is 11.4. The number of fused-ring (bicyclic) bond motifs is 1. The monoisotopic (exact) mass is 470 g/mol. The molecule has 10 heteroatoms. The molecule has 10 nitrogen and oxygen atoms in total. The van der Waals surface area contributed by atoms with Gasteiger partial charge in [-0.15, -0.1) is 10.2 Å². The van der Waals surface area contributed by atoms with Crippen LogP contribution in [0.1, 0.15) is 57.5 Å². The molecule has 0 saturated carbocycles. The lowest BCUT2D eigenvalue weighted by Crippen LogP contribution is -2.26. The lowest BCUT2D eigenvalue weighted by atomic mass is 9.85. The van der Waals surface area contributed by atoms with Gasteiger partial charge in [0.2, 0.25) is 17.1 Å². The number of ether oxygens (including phenoxy) is 3. The molecule has 0 aliphatic carbocycles. The number of nitrogens with two attached hydrogens (primary N) is 1. The van der Waals surface area contributed by atoms with Gasteiger partial charge in [-0.25, -0.2) is 4.68 Å². The number of ketones is 1. The van der Waals surface area contributed by atoms with Crippen molar-refractivity contribution in [3.8, 4) is 17.4 Å². The zero-order valence-electron chi connectivity index (χ0n) is 20.7. The van der Waals surface area contributed by atoms with E-state index >= 15 is 0 Å². The van der Waals surface area contributed by atoms with Crippen LogP contribution in [0.2, 0.25) is 0 Å². The Morgan fingerprint density at radius 1 is 1.15 bits per heavy atom. The number of nitrogens with zero attached hydrogens (tertiary/aromatic N) is 4. The van der Waals surface area contributed by atoms with E-state index in [-0.39, 0.29) is 29.5 Å². The zero-order valence-corrected chi connectivity index (χ0v) is 20.7. The van der Waals surface area contributed by atoms with E-state index in [0.717, 1.165) is 5.56 Å². The van der Waals surface area contributed by atoms with E-state index in [1.54, 1.807) is 12.1 Å². The zero-order chi connectivity index (χ0) is 25.0. The highest BCUT2D eigenvalue weighted by atomic mass is 16.5. The van der Waals surface area contributed by atoms with Crippen molar-refractivity contribution in [2.45, 2.75) is 59.6 Å². The number of nitrogens with one attached hydrogen (secondary N) is 1. The maximum Gasteiger partial charge on any atom is 0.242 e. The van der Waals surface area contributed by atoms with Gasteiger partial charge in [0.1, 0.15) is 18.9 Å². The van der Waals surface area contributed by atoms with Gasteiger partial charge < -0.3 is 19.9 Å². The Morgan fingerprint density at radius 3 is 2.50 bits per heavy atom. The summed E-state index contributed by atoms with van der Waals surface area (Å²) in [5, 5.41) is 17.3. The normalized spacial score (nSPS) is 11.8. The first-order chi connectivity index (χ1) is 16.0. The highest BCUT2D eigenvalue weighted by Gasteiger charge is 2.21. The second kappa shape index (κ2) is 10.3. The first-order valence-electron chi connectivity index (χ1n) is 11.4. The maximum absolute atomic E-state index is 13.3. The summed E-state index contributed by atoms with van der Waals surface area (Å²) in [7, 11) is 0. The van der Waals surface area contributed by atoms with Crippen LogP contribution in [0, 0.1) is 5.41 Å². The van der Waals surface area contributed by atoms with Gasteiger partial charge >= 0.3 is 0 Å². The second-order valence-corrected chi connectivity index (χ2v) is 9.22. The van der Waals surface area contributed by atoms with E-state index in [1.807, 2.05) is 32.9 Å². The largest absolute Gasteiger partial charge is 0.492 e. The number of hydrogen-bond acceptors (Lipinski definition) is 8. The van der Waals surface area contributed by atoms with Crippen LogP contribution in [-0.2, 0) is 12.0 Å². The fourth-order valence-corrected chi connectivity index (χ4v) is 3.32. The summed E-state index contributed by atoms with van der Waals surface area (Å²) < 4.78 is 19.7. The van der Waals surface area contributed by atoms with Crippen molar-refractivity contribution in [1.29, 1.82) is 5.41 Å². The quantitative estimate of drug-likeness (QED) is 0.436. The number of benzene rings is 1. The number of carbonyl (C=O) groups is 1. The topological polar surface area (TPSA) is 130 Å². The van der Waals surface area contributed by atoms with Crippen LogP contribution in [0.15, 0.2) is 24.3 Å². The van der Waals surface area contributed by atoms with Gasteiger partial charge in [-0.2, -0.15) is 4.52 Å². The summed E-state index contributed by atoms with van der Waals surface area (Å²) in [6.07, 6.45) is -0.117. The molecule has 0 spiro atoms. The Bertz CT molecular complexity index is 1220. The molecule has 0 bridgehead atoms. The summed E-state index contributed by atoms with van der Waals surface area (Å²) in [5.74, 6) is 1.12. The summed E-state index contributed by atoms with van der Waals surface area (Å²) in [4.78, 5) is 13.3. The van der Waals surface area contributed by atoms with Crippen molar-refractivity contribution in [2.75, 3.05) is 19.8 Å². The van der Waals surface area contributed by atoms with Crippen molar-refractivity contribution in [2.24, 2.45) is 5.73 Å². The molecule has 1 aromatic carbocycles. The van der Waals surface area contributed by atoms with Crippen molar-refractivity contribution in [1.82, 2.24) is 19.4 Å². The number of aromatic nitrogens is 4. The Labute approximate surface area is 199 Å². The van der Waals surface area contributed by atoms with Crippen LogP contribution in [0.4, 0.5) is 0 Å². The third-order valence-electron chi connectivity index (χ3n) is 4.96. The molecule has 0 saturated heterocycles. The maximum atomic E-state index is 13.3. The minimum absolute atomic E-state index is 0.0647. The van der Waals surface area contributed by atoms with Gasteiger partial charge in [0.25, 0.3) is 0 Å². The number of hydrogen-bond donors (Lipinski definition) is 2. The molecule has 184 valence electrons. The van der Waals surface area contributed by atoms with Crippen LogP contribution >= 0.6 is 0 Å². The summed E-state index contributed by atoms with van der Waals surface area (Å²) in [6, 6.07) is 7.13. The van der Waals surface area contributed by atoms with E-state index in [2.05, 4.69) is 31.0 Å². The molecule has 0 fully saturated rings. The highest BCUT2D eigenvalue weighted by Crippen LogP contribution is 2.28. The molecular weight excluding hydrogens is 436 g/mol. The number of Topliss-reactive ketones (excluding diaryl/α,β-unsaturated/α-hetero) is 1. The Kier molecular flexibility index (Phi) is 7.61. The van der Waals surface area contributed by atoms with Crippen molar-refractivity contribution >= 4 is 11.4 Å². The van der Waals surface area contributed by atoms with Crippen LogP contribution in [0.5, 0.6) is 17.4 Å². The Balaban J connectivity index is 2.01. The third-order valence-corrected chi connectivity index (χ3v) is 4.96. The molecule has 0 radical (unpaired) electrons.